The Labute approximate surface area is 215 Å². The Kier molecular flexibility index (Phi) is 8.92. The number of methoxy groups -OCH3 is 1. The highest BCUT2D eigenvalue weighted by Crippen LogP contribution is 2.34. The molecule has 1 N–H and O–H groups in total. The number of aryl methyl sites for hydroxylation is 1. The summed E-state index contributed by atoms with van der Waals surface area (Å²) in [4.78, 5) is 25.7. The van der Waals surface area contributed by atoms with Gasteiger partial charge in [0.2, 0.25) is 5.91 Å². The Bertz CT molecular complexity index is 1260. The van der Waals surface area contributed by atoms with Crippen LogP contribution in [0.4, 0.5) is 9.39 Å². The number of thioether (sulfide) groups is 1. The number of carbonyl (C=O) groups excluding carboxylic acids is 2. The molecule has 186 valence electrons. The number of benzene rings is 1. The van der Waals surface area contributed by atoms with Crippen molar-refractivity contribution in [1.29, 1.82) is 0 Å². The molecule has 35 heavy (non-hydrogen) atoms. The molecule has 0 saturated carbocycles. The number of aromatic nitrogens is 3. The van der Waals surface area contributed by atoms with Crippen LogP contribution in [0.5, 0.6) is 5.75 Å². The molecule has 3 aromatic rings. The molecule has 0 radical (unpaired) electrons. The summed E-state index contributed by atoms with van der Waals surface area (Å²) in [5.41, 5.74) is 1.13. The molecule has 1 aromatic carbocycles. The van der Waals surface area contributed by atoms with Crippen molar-refractivity contribution in [2.24, 2.45) is 0 Å². The Balaban J connectivity index is 1.72. The Morgan fingerprint density at radius 1 is 1.37 bits per heavy atom. The number of hydrogen-bond acceptors (Lipinski definition) is 8. The first kappa shape index (κ1) is 26.7. The molecule has 2 heterocycles. The van der Waals surface area contributed by atoms with E-state index in [0.29, 0.717) is 33.8 Å². The Morgan fingerprint density at radius 3 is 2.77 bits per heavy atom. The number of halogens is 2. The second kappa shape index (κ2) is 11.7. The van der Waals surface area contributed by atoms with Crippen molar-refractivity contribution in [3.05, 3.63) is 63.5 Å². The fourth-order valence-corrected chi connectivity index (χ4v) is 5.21. The SMILES string of the molecule is C=CCn1c(SCC(=O)Nc2sc(C)c(C)c2C(=O)OC)nnc1C(C)Oc1ccc(F)cc1Cl. The first-order chi connectivity index (χ1) is 16.7. The van der Waals surface area contributed by atoms with Crippen LogP contribution in [0.15, 0.2) is 36.0 Å². The highest BCUT2D eigenvalue weighted by Gasteiger charge is 2.23. The van der Waals surface area contributed by atoms with Crippen LogP contribution < -0.4 is 10.1 Å². The van der Waals surface area contributed by atoms with E-state index in [9.17, 15) is 14.0 Å². The highest BCUT2D eigenvalue weighted by atomic mass is 35.5. The monoisotopic (exact) mass is 538 g/mol. The lowest BCUT2D eigenvalue weighted by molar-refractivity contribution is -0.113. The number of hydrogen-bond donors (Lipinski definition) is 1. The largest absolute Gasteiger partial charge is 0.481 e. The van der Waals surface area contributed by atoms with Gasteiger partial charge < -0.3 is 14.8 Å². The molecule has 1 unspecified atom stereocenters. The van der Waals surface area contributed by atoms with E-state index >= 15 is 0 Å². The van der Waals surface area contributed by atoms with Crippen molar-refractivity contribution in [2.45, 2.75) is 38.6 Å². The molecule has 0 spiro atoms. The smallest absolute Gasteiger partial charge is 0.341 e. The summed E-state index contributed by atoms with van der Waals surface area (Å²) >= 11 is 8.57. The van der Waals surface area contributed by atoms with Gasteiger partial charge in [0.1, 0.15) is 16.6 Å². The van der Waals surface area contributed by atoms with E-state index in [1.165, 1.54) is 48.4 Å². The second-order valence-electron chi connectivity index (χ2n) is 7.39. The summed E-state index contributed by atoms with van der Waals surface area (Å²) in [7, 11) is 1.30. The van der Waals surface area contributed by atoms with Gasteiger partial charge in [0.15, 0.2) is 17.1 Å². The number of rotatable bonds is 10. The van der Waals surface area contributed by atoms with Crippen LogP contribution in [0.1, 0.15) is 39.7 Å². The topological polar surface area (TPSA) is 95.3 Å². The molecular weight excluding hydrogens is 515 g/mol. The van der Waals surface area contributed by atoms with E-state index < -0.39 is 17.9 Å². The van der Waals surface area contributed by atoms with Gasteiger partial charge in [-0.05, 0) is 44.5 Å². The van der Waals surface area contributed by atoms with Crippen molar-refractivity contribution in [2.75, 3.05) is 18.2 Å². The summed E-state index contributed by atoms with van der Waals surface area (Å²) < 4.78 is 25.8. The predicted octanol–water partition coefficient (Wildman–Crippen LogP) is 5.59. The molecule has 0 fully saturated rings. The van der Waals surface area contributed by atoms with Gasteiger partial charge in [0.25, 0.3) is 0 Å². The number of allylic oxidation sites excluding steroid dienone is 1. The second-order valence-corrected chi connectivity index (χ2v) is 9.97. The summed E-state index contributed by atoms with van der Waals surface area (Å²) in [6.07, 6.45) is 1.11. The Hall–Kier alpha value is -2.89. The van der Waals surface area contributed by atoms with Crippen LogP contribution >= 0.6 is 34.7 Å². The van der Waals surface area contributed by atoms with Gasteiger partial charge in [-0.1, -0.05) is 29.4 Å². The number of nitrogens with one attached hydrogen (secondary N) is 1. The molecule has 2 aromatic heterocycles. The number of carbonyl (C=O) groups is 2. The zero-order valence-electron chi connectivity index (χ0n) is 19.6. The van der Waals surface area contributed by atoms with Crippen LogP contribution in [-0.2, 0) is 16.1 Å². The van der Waals surface area contributed by atoms with Gasteiger partial charge in [-0.3, -0.25) is 9.36 Å². The molecule has 3 rings (SSSR count). The maximum Gasteiger partial charge on any atom is 0.341 e. The first-order valence-corrected chi connectivity index (χ1v) is 12.6. The average Bonchev–Trinajstić information content (AvgIpc) is 3.34. The zero-order valence-corrected chi connectivity index (χ0v) is 21.9. The highest BCUT2D eigenvalue weighted by molar-refractivity contribution is 7.99. The van der Waals surface area contributed by atoms with Gasteiger partial charge >= 0.3 is 5.97 Å². The maximum absolute atomic E-state index is 13.3. The number of ether oxygens (including phenoxy) is 2. The maximum atomic E-state index is 13.3. The van der Waals surface area contributed by atoms with E-state index in [4.69, 9.17) is 21.1 Å². The lowest BCUT2D eigenvalue weighted by Crippen LogP contribution is -2.17. The number of amides is 1. The summed E-state index contributed by atoms with van der Waals surface area (Å²) in [6, 6.07) is 3.86. The van der Waals surface area contributed by atoms with Crippen LogP contribution in [0.2, 0.25) is 5.02 Å². The fourth-order valence-electron chi connectivity index (χ4n) is 3.18. The minimum absolute atomic E-state index is 0.0327. The molecule has 0 aliphatic heterocycles. The van der Waals surface area contributed by atoms with Gasteiger partial charge in [-0.15, -0.1) is 28.1 Å². The number of anilines is 1. The molecule has 1 atom stereocenters. The van der Waals surface area contributed by atoms with Crippen molar-refractivity contribution >= 4 is 51.6 Å². The minimum Gasteiger partial charge on any atom is -0.481 e. The number of thiophene rings is 1. The lowest BCUT2D eigenvalue weighted by atomic mass is 10.1. The van der Waals surface area contributed by atoms with E-state index in [1.807, 2.05) is 13.8 Å². The van der Waals surface area contributed by atoms with Crippen LogP contribution in [0.3, 0.4) is 0 Å². The molecule has 1 amide bonds. The van der Waals surface area contributed by atoms with Gasteiger partial charge in [0, 0.05) is 11.4 Å². The van der Waals surface area contributed by atoms with Gasteiger partial charge in [-0.25, -0.2) is 9.18 Å². The third kappa shape index (κ3) is 6.22. The minimum atomic E-state index is -0.562. The van der Waals surface area contributed by atoms with Crippen LogP contribution in [0, 0.1) is 19.7 Å². The zero-order chi connectivity index (χ0) is 25.7. The first-order valence-electron chi connectivity index (χ1n) is 10.4. The van der Waals surface area contributed by atoms with E-state index in [-0.39, 0.29) is 16.7 Å². The molecule has 8 nitrogen and oxygen atoms in total. The van der Waals surface area contributed by atoms with Crippen LogP contribution in [0.25, 0.3) is 0 Å². The molecule has 0 bridgehead atoms. The summed E-state index contributed by atoms with van der Waals surface area (Å²) in [5, 5.41) is 12.3. The number of nitrogens with zero attached hydrogens (tertiary/aromatic N) is 3. The van der Waals surface area contributed by atoms with E-state index in [0.717, 1.165) is 10.4 Å². The van der Waals surface area contributed by atoms with Crippen molar-refractivity contribution in [3.63, 3.8) is 0 Å². The molecule has 0 aliphatic rings. The lowest BCUT2D eigenvalue weighted by Gasteiger charge is -2.16. The molecule has 0 aliphatic carbocycles. The van der Waals surface area contributed by atoms with Crippen molar-refractivity contribution < 1.29 is 23.5 Å². The van der Waals surface area contributed by atoms with Gasteiger partial charge in [0.05, 0.1) is 23.4 Å². The Morgan fingerprint density at radius 2 is 2.11 bits per heavy atom. The van der Waals surface area contributed by atoms with E-state index in [1.54, 1.807) is 17.6 Å². The standard InChI is InChI=1S/C23H24ClFN4O4S2/c1-6-9-29-20(13(3)33-17-8-7-15(25)10-16(17)24)27-28-23(29)34-11-18(30)26-21-19(22(31)32-5)12(2)14(4)35-21/h6-8,10,13H,1,9,11H2,2-5H3,(H,26,30). The molecule has 0 saturated heterocycles. The average molecular weight is 539 g/mol. The molecular formula is C23H24ClFN4O4S2. The summed E-state index contributed by atoms with van der Waals surface area (Å²) in [6.45, 7) is 9.60. The third-order valence-corrected chi connectivity index (χ3v) is 7.36. The normalized spacial score (nSPS) is 11.7. The fraction of sp³-hybridized carbons (Fsp3) is 0.304. The van der Waals surface area contributed by atoms with Crippen LogP contribution in [-0.4, -0.2) is 39.5 Å². The van der Waals surface area contributed by atoms with Gasteiger partial charge in [-0.2, -0.15) is 0 Å². The number of esters is 1. The predicted molar refractivity (Wildman–Crippen MR) is 135 cm³/mol. The summed E-state index contributed by atoms with van der Waals surface area (Å²) in [5.74, 6) is -0.437. The molecule has 12 heteroatoms. The van der Waals surface area contributed by atoms with Crippen molar-refractivity contribution in [3.8, 4) is 5.75 Å². The third-order valence-electron chi connectivity index (χ3n) is 4.98. The van der Waals surface area contributed by atoms with Crippen molar-refractivity contribution in [1.82, 2.24) is 14.8 Å². The quantitative estimate of drug-likeness (QED) is 0.204. The van der Waals surface area contributed by atoms with E-state index in [2.05, 4.69) is 22.1 Å².